The van der Waals surface area contributed by atoms with Gasteiger partial charge in [0.25, 0.3) is 5.91 Å². The SMILES string of the molecule is O=C(N[C@H]1CC[C@H](CNc2n[nH]c3ncccc23)CC1)c1cc(C(F)(F)F)ccc1Cl. The number of H-pyrrole nitrogens is 1. The molecule has 1 amide bonds. The number of pyridine rings is 1. The molecule has 10 heteroatoms. The number of nitrogens with zero attached hydrogens (tertiary/aromatic N) is 2. The van der Waals surface area contributed by atoms with Crippen molar-refractivity contribution in [1.29, 1.82) is 0 Å². The van der Waals surface area contributed by atoms with E-state index in [4.69, 9.17) is 11.6 Å². The molecule has 3 aromatic rings. The van der Waals surface area contributed by atoms with E-state index in [1.165, 1.54) is 0 Å². The van der Waals surface area contributed by atoms with Gasteiger partial charge in [0.15, 0.2) is 11.5 Å². The molecule has 2 aromatic heterocycles. The highest BCUT2D eigenvalue weighted by Gasteiger charge is 2.32. The summed E-state index contributed by atoms with van der Waals surface area (Å²) in [7, 11) is 0. The lowest BCUT2D eigenvalue weighted by Gasteiger charge is -2.29. The number of anilines is 1. The lowest BCUT2D eigenvalue weighted by molar-refractivity contribution is -0.137. The summed E-state index contributed by atoms with van der Waals surface area (Å²) < 4.78 is 38.8. The number of carbonyl (C=O) groups excluding carboxylic acids is 1. The Hall–Kier alpha value is -2.81. The lowest BCUT2D eigenvalue weighted by atomic mass is 9.86. The number of hydrogen-bond donors (Lipinski definition) is 3. The maximum atomic E-state index is 12.9. The van der Waals surface area contributed by atoms with Crippen molar-refractivity contribution in [3.05, 3.63) is 52.7 Å². The Morgan fingerprint density at radius 2 is 1.97 bits per heavy atom. The predicted octanol–water partition coefficient (Wildman–Crippen LogP) is 5.03. The molecule has 0 atom stereocenters. The molecule has 1 saturated carbocycles. The molecule has 3 N–H and O–H groups in total. The highest BCUT2D eigenvalue weighted by molar-refractivity contribution is 6.33. The van der Waals surface area contributed by atoms with Crippen LogP contribution in [-0.4, -0.2) is 33.7 Å². The van der Waals surface area contributed by atoms with E-state index >= 15 is 0 Å². The Morgan fingerprint density at radius 3 is 2.71 bits per heavy atom. The lowest BCUT2D eigenvalue weighted by Crippen LogP contribution is -2.38. The molecule has 4 rings (SSSR count). The first kappa shape index (κ1) is 21.4. The summed E-state index contributed by atoms with van der Waals surface area (Å²) >= 11 is 5.96. The minimum absolute atomic E-state index is 0.00380. The molecule has 6 nitrogen and oxygen atoms in total. The summed E-state index contributed by atoms with van der Waals surface area (Å²) in [5.41, 5.74) is -0.318. The fourth-order valence-corrected chi connectivity index (χ4v) is 4.08. The molecule has 0 unspecified atom stereocenters. The summed E-state index contributed by atoms with van der Waals surface area (Å²) in [6.45, 7) is 0.745. The molecular formula is C21H21ClF3N5O. The zero-order valence-electron chi connectivity index (χ0n) is 16.5. The molecule has 0 aliphatic heterocycles. The smallest absolute Gasteiger partial charge is 0.368 e. The third-order valence-corrected chi connectivity index (χ3v) is 5.94. The van der Waals surface area contributed by atoms with E-state index in [9.17, 15) is 18.0 Å². The second-order valence-electron chi connectivity index (χ2n) is 7.74. The highest BCUT2D eigenvalue weighted by Crippen LogP contribution is 2.32. The van der Waals surface area contributed by atoms with Crippen LogP contribution in [0.3, 0.4) is 0 Å². The van der Waals surface area contributed by atoms with Crippen LogP contribution in [0.15, 0.2) is 36.5 Å². The quantitative estimate of drug-likeness (QED) is 0.508. The van der Waals surface area contributed by atoms with Crippen LogP contribution in [-0.2, 0) is 6.18 Å². The van der Waals surface area contributed by atoms with Crippen molar-refractivity contribution >= 4 is 34.4 Å². The number of halogens is 4. The number of nitrogens with one attached hydrogen (secondary N) is 3. The van der Waals surface area contributed by atoms with E-state index in [-0.39, 0.29) is 16.6 Å². The number of aromatic nitrogens is 3. The standard InChI is InChI=1S/C21H21ClF3N5O/c22-17-8-5-13(21(23,24)25)10-16(17)20(31)28-14-6-3-12(4-7-14)11-27-19-15-2-1-9-26-18(15)29-30-19/h1-2,5,8-10,12,14H,3-4,6-7,11H2,(H,28,31)(H2,26,27,29,30)/t12-,14-. The average Bonchev–Trinajstić information content (AvgIpc) is 3.16. The van der Waals surface area contributed by atoms with Gasteiger partial charge >= 0.3 is 6.18 Å². The third kappa shape index (κ3) is 4.92. The van der Waals surface area contributed by atoms with Crippen LogP contribution in [0.5, 0.6) is 0 Å². The van der Waals surface area contributed by atoms with Crippen LogP contribution < -0.4 is 10.6 Å². The number of alkyl halides is 3. The van der Waals surface area contributed by atoms with E-state index in [0.29, 0.717) is 5.92 Å². The molecule has 0 spiro atoms. The van der Waals surface area contributed by atoms with Gasteiger partial charge in [0, 0.05) is 18.8 Å². The predicted molar refractivity (Wildman–Crippen MR) is 112 cm³/mol. The van der Waals surface area contributed by atoms with Crippen LogP contribution >= 0.6 is 11.6 Å². The molecule has 1 aliphatic carbocycles. The monoisotopic (exact) mass is 451 g/mol. The molecule has 0 radical (unpaired) electrons. The second-order valence-corrected chi connectivity index (χ2v) is 8.14. The maximum absolute atomic E-state index is 12.9. The molecular weight excluding hydrogens is 431 g/mol. The van der Waals surface area contributed by atoms with E-state index < -0.39 is 17.6 Å². The largest absolute Gasteiger partial charge is 0.416 e. The first-order valence-corrected chi connectivity index (χ1v) is 10.4. The summed E-state index contributed by atoms with van der Waals surface area (Å²) in [5.74, 6) is 0.597. The summed E-state index contributed by atoms with van der Waals surface area (Å²) in [6.07, 6.45) is 0.436. The van der Waals surface area contributed by atoms with Gasteiger partial charge in [-0.1, -0.05) is 11.6 Å². The Labute approximate surface area is 181 Å². The Bertz CT molecular complexity index is 1080. The third-order valence-electron chi connectivity index (χ3n) is 5.61. The minimum Gasteiger partial charge on any atom is -0.368 e. The summed E-state index contributed by atoms with van der Waals surface area (Å²) in [4.78, 5) is 16.7. The van der Waals surface area contributed by atoms with Crippen molar-refractivity contribution in [1.82, 2.24) is 20.5 Å². The Kier molecular flexibility index (Phi) is 6.04. The van der Waals surface area contributed by atoms with E-state index in [0.717, 1.165) is 67.3 Å². The van der Waals surface area contributed by atoms with Gasteiger partial charge in [-0.15, -0.1) is 0 Å². The normalized spacial score (nSPS) is 19.4. The molecule has 1 fully saturated rings. The van der Waals surface area contributed by atoms with Crippen molar-refractivity contribution in [2.75, 3.05) is 11.9 Å². The number of carbonyl (C=O) groups is 1. The van der Waals surface area contributed by atoms with Crippen molar-refractivity contribution < 1.29 is 18.0 Å². The molecule has 1 aliphatic rings. The fourth-order valence-electron chi connectivity index (χ4n) is 3.88. The van der Waals surface area contributed by atoms with Crippen LogP contribution in [0.2, 0.25) is 5.02 Å². The van der Waals surface area contributed by atoms with Gasteiger partial charge < -0.3 is 10.6 Å². The fraction of sp³-hybridized carbons (Fsp3) is 0.381. The number of aromatic amines is 1. The van der Waals surface area contributed by atoms with Gasteiger partial charge in [-0.05, 0) is 61.9 Å². The average molecular weight is 452 g/mol. The van der Waals surface area contributed by atoms with E-state index in [2.05, 4.69) is 25.8 Å². The first-order chi connectivity index (χ1) is 14.8. The van der Waals surface area contributed by atoms with Crippen molar-refractivity contribution in [2.24, 2.45) is 5.92 Å². The summed E-state index contributed by atoms with van der Waals surface area (Å²) in [6, 6.07) is 6.49. The molecule has 1 aromatic carbocycles. The number of rotatable bonds is 5. The Morgan fingerprint density at radius 1 is 1.19 bits per heavy atom. The zero-order valence-corrected chi connectivity index (χ0v) is 17.2. The zero-order chi connectivity index (χ0) is 22.0. The first-order valence-electron chi connectivity index (χ1n) is 10.0. The maximum Gasteiger partial charge on any atom is 0.416 e. The topological polar surface area (TPSA) is 82.7 Å². The van der Waals surface area contributed by atoms with Gasteiger partial charge in [0.1, 0.15) is 0 Å². The molecule has 31 heavy (non-hydrogen) atoms. The molecule has 164 valence electrons. The second kappa shape index (κ2) is 8.74. The highest BCUT2D eigenvalue weighted by atomic mass is 35.5. The number of fused-ring (bicyclic) bond motifs is 1. The summed E-state index contributed by atoms with van der Waals surface area (Å²) in [5, 5.41) is 14.3. The number of benzene rings is 1. The minimum atomic E-state index is -4.53. The van der Waals surface area contributed by atoms with Crippen molar-refractivity contribution in [3.8, 4) is 0 Å². The van der Waals surface area contributed by atoms with Crippen LogP contribution in [0.25, 0.3) is 11.0 Å². The van der Waals surface area contributed by atoms with Crippen LogP contribution in [0.4, 0.5) is 19.0 Å². The van der Waals surface area contributed by atoms with Gasteiger partial charge in [-0.2, -0.15) is 18.3 Å². The number of amides is 1. The van der Waals surface area contributed by atoms with Gasteiger partial charge in [0.05, 0.1) is 21.5 Å². The Balaban J connectivity index is 1.30. The van der Waals surface area contributed by atoms with E-state index in [1.54, 1.807) is 6.20 Å². The van der Waals surface area contributed by atoms with Crippen molar-refractivity contribution in [2.45, 2.75) is 37.9 Å². The molecule has 2 heterocycles. The van der Waals surface area contributed by atoms with Crippen LogP contribution in [0, 0.1) is 5.92 Å². The van der Waals surface area contributed by atoms with Gasteiger partial charge in [-0.25, -0.2) is 4.98 Å². The van der Waals surface area contributed by atoms with Crippen LogP contribution in [0.1, 0.15) is 41.6 Å². The van der Waals surface area contributed by atoms with E-state index in [1.807, 2.05) is 12.1 Å². The van der Waals surface area contributed by atoms with Crippen molar-refractivity contribution in [3.63, 3.8) is 0 Å². The molecule has 0 bridgehead atoms. The van der Waals surface area contributed by atoms with Gasteiger partial charge in [0.2, 0.25) is 0 Å². The number of hydrogen-bond acceptors (Lipinski definition) is 4. The molecule has 0 saturated heterocycles. The van der Waals surface area contributed by atoms with Gasteiger partial charge in [-0.3, -0.25) is 9.89 Å².